The van der Waals surface area contributed by atoms with Crippen LogP contribution >= 0.6 is 0 Å². The Hall–Kier alpha value is -1.51. The first-order valence-electron chi connectivity index (χ1n) is 6.90. The van der Waals surface area contributed by atoms with Crippen LogP contribution in [0, 0.1) is 11.8 Å². The standard InChI is InChI=1S/C15H20N2O/c1-2-18-14-6-4-3-5-12(14)11-7-9-16-15-13(11)8-10-17-15/h3,5,7,9,11,13H,2,4,6,8,10H2,1H3,(H,16,17). The van der Waals surface area contributed by atoms with Crippen molar-refractivity contribution < 1.29 is 4.74 Å². The van der Waals surface area contributed by atoms with Crippen molar-refractivity contribution >= 4 is 5.84 Å². The number of allylic oxidation sites excluding steroid dienone is 5. The Balaban J connectivity index is 1.91. The predicted molar refractivity (Wildman–Crippen MR) is 73.2 cm³/mol. The molecule has 2 atom stereocenters. The Morgan fingerprint density at radius 1 is 1.50 bits per heavy atom. The van der Waals surface area contributed by atoms with E-state index in [1.54, 1.807) is 0 Å². The van der Waals surface area contributed by atoms with Crippen LogP contribution in [0.1, 0.15) is 26.2 Å². The minimum Gasteiger partial charge on any atom is -0.498 e. The van der Waals surface area contributed by atoms with Crippen LogP contribution in [0.2, 0.25) is 0 Å². The Labute approximate surface area is 108 Å². The molecule has 1 saturated heterocycles. The second kappa shape index (κ2) is 5.01. The maximum absolute atomic E-state index is 5.83. The van der Waals surface area contributed by atoms with E-state index in [0.717, 1.165) is 31.8 Å². The molecule has 3 aliphatic rings. The van der Waals surface area contributed by atoms with Gasteiger partial charge in [0.05, 0.1) is 6.61 Å². The van der Waals surface area contributed by atoms with Crippen LogP contribution in [0.3, 0.4) is 0 Å². The third-order valence-electron chi connectivity index (χ3n) is 3.89. The van der Waals surface area contributed by atoms with Gasteiger partial charge in [-0.05, 0) is 25.3 Å². The van der Waals surface area contributed by atoms with Crippen LogP contribution in [0.5, 0.6) is 0 Å². The summed E-state index contributed by atoms with van der Waals surface area (Å²) in [7, 11) is 0. The summed E-state index contributed by atoms with van der Waals surface area (Å²) >= 11 is 0. The molecule has 2 aliphatic heterocycles. The monoisotopic (exact) mass is 244 g/mol. The van der Waals surface area contributed by atoms with Gasteiger partial charge in [0.25, 0.3) is 0 Å². The summed E-state index contributed by atoms with van der Waals surface area (Å²) in [6.45, 7) is 3.86. The molecule has 0 aromatic rings. The highest BCUT2D eigenvalue weighted by Gasteiger charge is 2.34. The number of nitrogens with zero attached hydrogens (tertiary/aromatic N) is 1. The molecule has 2 unspecified atom stereocenters. The van der Waals surface area contributed by atoms with E-state index in [-0.39, 0.29) is 0 Å². The molecule has 3 heteroatoms. The van der Waals surface area contributed by atoms with Crippen LogP contribution in [0.25, 0.3) is 0 Å². The smallest absolute Gasteiger partial charge is 0.106 e. The molecule has 0 saturated carbocycles. The van der Waals surface area contributed by atoms with Gasteiger partial charge in [0.15, 0.2) is 0 Å². The summed E-state index contributed by atoms with van der Waals surface area (Å²) in [4.78, 5) is 4.45. The molecule has 18 heavy (non-hydrogen) atoms. The summed E-state index contributed by atoms with van der Waals surface area (Å²) in [5.74, 6) is 3.29. The van der Waals surface area contributed by atoms with Crippen molar-refractivity contribution in [2.75, 3.05) is 13.2 Å². The van der Waals surface area contributed by atoms with Gasteiger partial charge < -0.3 is 10.1 Å². The number of amidine groups is 1. The predicted octanol–water partition coefficient (Wildman–Crippen LogP) is 2.78. The molecule has 0 amide bonds. The van der Waals surface area contributed by atoms with Crippen molar-refractivity contribution in [1.82, 2.24) is 5.32 Å². The van der Waals surface area contributed by atoms with Crippen molar-refractivity contribution in [2.45, 2.75) is 26.2 Å². The molecular weight excluding hydrogens is 224 g/mol. The number of hydrogen-bond acceptors (Lipinski definition) is 3. The van der Waals surface area contributed by atoms with E-state index in [4.69, 9.17) is 4.74 Å². The van der Waals surface area contributed by atoms with Gasteiger partial charge >= 0.3 is 0 Å². The molecule has 1 N–H and O–H groups in total. The van der Waals surface area contributed by atoms with Gasteiger partial charge in [-0.3, -0.25) is 0 Å². The molecule has 0 radical (unpaired) electrons. The summed E-state index contributed by atoms with van der Waals surface area (Å²) in [5, 5.41) is 3.39. The number of hydrogen-bond donors (Lipinski definition) is 1. The summed E-state index contributed by atoms with van der Waals surface area (Å²) < 4.78 is 5.83. The maximum Gasteiger partial charge on any atom is 0.106 e. The third-order valence-corrected chi connectivity index (χ3v) is 3.89. The largest absolute Gasteiger partial charge is 0.498 e. The zero-order valence-corrected chi connectivity index (χ0v) is 10.9. The average Bonchev–Trinajstić information content (AvgIpc) is 2.88. The summed E-state index contributed by atoms with van der Waals surface area (Å²) in [6, 6.07) is 0. The average molecular weight is 244 g/mol. The van der Waals surface area contributed by atoms with Gasteiger partial charge in [0.1, 0.15) is 11.6 Å². The first kappa shape index (κ1) is 11.6. The molecular formula is C15H20N2O. The first-order chi connectivity index (χ1) is 8.90. The van der Waals surface area contributed by atoms with E-state index in [2.05, 4.69) is 35.5 Å². The highest BCUT2D eigenvalue weighted by molar-refractivity contribution is 5.88. The minimum atomic E-state index is 0.436. The van der Waals surface area contributed by atoms with Gasteiger partial charge in [0.2, 0.25) is 0 Å². The first-order valence-corrected chi connectivity index (χ1v) is 6.90. The topological polar surface area (TPSA) is 33.6 Å². The molecule has 0 spiro atoms. The fourth-order valence-electron chi connectivity index (χ4n) is 3.07. The lowest BCUT2D eigenvalue weighted by Crippen LogP contribution is -2.28. The lowest BCUT2D eigenvalue weighted by atomic mass is 9.80. The van der Waals surface area contributed by atoms with Crippen molar-refractivity contribution in [3.63, 3.8) is 0 Å². The van der Waals surface area contributed by atoms with Gasteiger partial charge in [0, 0.05) is 31.0 Å². The molecule has 3 rings (SSSR count). The number of ether oxygens (including phenoxy) is 1. The van der Waals surface area contributed by atoms with Crippen LogP contribution in [-0.4, -0.2) is 19.0 Å². The van der Waals surface area contributed by atoms with E-state index < -0.39 is 0 Å². The number of rotatable bonds is 3. The molecule has 0 aromatic heterocycles. The Morgan fingerprint density at radius 2 is 2.44 bits per heavy atom. The maximum atomic E-state index is 5.83. The molecule has 0 bridgehead atoms. The third kappa shape index (κ3) is 1.98. The summed E-state index contributed by atoms with van der Waals surface area (Å²) in [5.41, 5.74) is 1.36. The van der Waals surface area contributed by atoms with E-state index in [1.807, 2.05) is 6.20 Å². The quantitative estimate of drug-likeness (QED) is 0.828. The van der Waals surface area contributed by atoms with E-state index >= 15 is 0 Å². The van der Waals surface area contributed by atoms with Gasteiger partial charge in [-0.2, -0.15) is 0 Å². The van der Waals surface area contributed by atoms with Crippen LogP contribution in [-0.2, 0) is 4.74 Å². The van der Waals surface area contributed by atoms with Crippen molar-refractivity contribution in [2.24, 2.45) is 16.8 Å². The number of fused-ring (bicyclic) bond motifs is 1. The van der Waals surface area contributed by atoms with Crippen LogP contribution in [0.15, 0.2) is 40.8 Å². The van der Waals surface area contributed by atoms with E-state index in [9.17, 15) is 0 Å². The normalized spacial score (nSPS) is 29.9. The fourth-order valence-corrected chi connectivity index (χ4v) is 3.07. The Morgan fingerprint density at radius 3 is 3.33 bits per heavy atom. The zero-order chi connectivity index (χ0) is 12.4. The fraction of sp³-hybridized carbons (Fsp3) is 0.533. The van der Waals surface area contributed by atoms with E-state index in [1.165, 1.54) is 17.8 Å². The lowest BCUT2D eigenvalue weighted by Gasteiger charge is -2.27. The molecule has 3 nitrogen and oxygen atoms in total. The Bertz CT molecular complexity index is 445. The molecule has 1 aliphatic carbocycles. The second-order valence-electron chi connectivity index (χ2n) is 4.96. The van der Waals surface area contributed by atoms with Crippen molar-refractivity contribution in [3.8, 4) is 0 Å². The van der Waals surface area contributed by atoms with E-state index in [0.29, 0.717) is 11.8 Å². The van der Waals surface area contributed by atoms with Gasteiger partial charge in [-0.25, -0.2) is 4.99 Å². The Kier molecular flexibility index (Phi) is 3.22. The van der Waals surface area contributed by atoms with Crippen molar-refractivity contribution in [1.29, 1.82) is 0 Å². The highest BCUT2D eigenvalue weighted by atomic mass is 16.5. The van der Waals surface area contributed by atoms with Crippen LogP contribution in [0.4, 0.5) is 0 Å². The SMILES string of the molecule is CCOC1=C(C2C=CN=C3NCCC32)C=CCC1. The second-order valence-corrected chi connectivity index (χ2v) is 4.96. The van der Waals surface area contributed by atoms with Crippen molar-refractivity contribution in [3.05, 3.63) is 35.8 Å². The zero-order valence-electron chi connectivity index (χ0n) is 10.9. The summed E-state index contributed by atoms with van der Waals surface area (Å²) in [6.07, 6.45) is 12.0. The van der Waals surface area contributed by atoms with Gasteiger partial charge in [-0.1, -0.05) is 18.2 Å². The molecule has 1 fully saturated rings. The molecule has 96 valence electrons. The number of nitrogens with one attached hydrogen (secondary N) is 1. The van der Waals surface area contributed by atoms with Gasteiger partial charge in [-0.15, -0.1) is 0 Å². The molecule has 0 aromatic carbocycles. The van der Waals surface area contributed by atoms with Crippen LogP contribution < -0.4 is 5.32 Å². The lowest BCUT2D eigenvalue weighted by molar-refractivity contribution is 0.211. The number of aliphatic imine (C=N–C) groups is 1. The molecule has 2 heterocycles. The highest BCUT2D eigenvalue weighted by Crippen LogP contribution is 2.36. The minimum absolute atomic E-state index is 0.436.